The number of likely N-dealkylation sites (N-methyl/N-ethyl adjacent to an activating group) is 1. The highest BCUT2D eigenvalue weighted by atomic mass is 16.3. The molecule has 0 amide bonds. The summed E-state index contributed by atoms with van der Waals surface area (Å²) in [7, 11) is 2.06. The lowest BCUT2D eigenvalue weighted by Gasteiger charge is -2.31. The van der Waals surface area contributed by atoms with E-state index in [2.05, 4.69) is 23.4 Å². The molecule has 0 aliphatic carbocycles. The number of hydrogen-bond donors (Lipinski definition) is 2. The molecule has 1 aromatic rings. The van der Waals surface area contributed by atoms with Gasteiger partial charge in [0.1, 0.15) is 11.5 Å². The molecule has 1 aliphatic heterocycles. The van der Waals surface area contributed by atoms with Crippen LogP contribution < -0.4 is 0 Å². The number of Topliss-reactive ketones (excluding diaryl/α,β-unsaturated/α-hetero) is 1. The fourth-order valence-corrected chi connectivity index (χ4v) is 2.57. The number of ketones is 1. The van der Waals surface area contributed by atoms with Gasteiger partial charge in [-0.25, -0.2) is 0 Å². The van der Waals surface area contributed by atoms with Gasteiger partial charge in [0.25, 0.3) is 0 Å². The maximum Gasteiger partial charge on any atom is 0.180 e. The smallest absolute Gasteiger partial charge is 0.180 e. The number of carbonyl (C=O) groups excluding carboxylic acids is 1. The van der Waals surface area contributed by atoms with Crippen molar-refractivity contribution in [2.24, 2.45) is 0 Å². The van der Waals surface area contributed by atoms with Gasteiger partial charge in [0.15, 0.2) is 5.78 Å². The van der Waals surface area contributed by atoms with E-state index in [-0.39, 0.29) is 29.4 Å². The van der Waals surface area contributed by atoms with Crippen LogP contribution in [0.15, 0.2) is 24.8 Å². The number of piperazine rings is 1. The minimum Gasteiger partial charge on any atom is -0.508 e. The van der Waals surface area contributed by atoms with Crippen molar-refractivity contribution in [2.75, 3.05) is 39.8 Å². The zero-order chi connectivity index (χ0) is 15.4. The monoisotopic (exact) mass is 290 g/mol. The molecule has 2 N–H and O–H groups in total. The van der Waals surface area contributed by atoms with Crippen molar-refractivity contribution in [3.8, 4) is 11.5 Å². The Morgan fingerprint density at radius 2 is 1.86 bits per heavy atom. The maximum atomic E-state index is 12.5. The Balaban J connectivity index is 2.18. The van der Waals surface area contributed by atoms with Crippen molar-refractivity contribution in [2.45, 2.75) is 6.42 Å². The van der Waals surface area contributed by atoms with Crippen molar-refractivity contribution >= 4 is 5.78 Å². The number of phenols is 2. The van der Waals surface area contributed by atoms with E-state index in [1.165, 1.54) is 12.1 Å². The molecule has 5 heteroatoms. The zero-order valence-corrected chi connectivity index (χ0v) is 12.4. The van der Waals surface area contributed by atoms with Gasteiger partial charge in [-0.3, -0.25) is 9.69 Å². The van der Waals surface area contributed by atoms with Gasteiger partial charge in [-0.1, -0.05) is 6.08 Å². The molecule has 0 atom stereocenters. The lowest BCUT2D eigenvalue weighted by atomic mass is 9.98. The van der Waals surface area contributed by atoms with Crippen LogP contribution in [0.1, 0.15) is 15.9 Å². The molecular formula is C16H22N2O3. The van der Waals surface area contributed by atoms with E-state index in [9.17, 15) is 15.0 Å². The minimum absolute atomic E-state index is 0.0226. The van der Waals surface area contributed by atoms with Crippen LogP contribution in [0.2, 0.25) is 0 Å². The van der Waals surface area contributed by atoms with Gasteiger partial charge in [0, 0.05) is 31.7 Å². The molecule has 1 aromatic carbocycles. The van der Waals surface area contributed by atoms with Crippen LogP contribution in [0.4, 0.5) is 0 Å². The fraction of sp³-hybridized carbons (Fsp3) is 0.438. The molecule has 1 fully saturated rings. The number of rotatable bonds is 5. The summed E-state index contributed by atoms with van der Waals surface area (Å²) in [5, 5.41) is 19.9. The van der Waals surface area contributed by atoms with Crippen LogP contribution >= 0.6 is 0 Å². The first-order valence-corrected chi connectivity index (χ1v) is 7.11. The number of carbonyl (C=O) groups is 1. The Hall–Kier alpha value is -1.85. The first-order chi connectivity index (χ1) is 10.0. The quantitative estimate of drug-likeness (QED) is 0.485. The fourth-order valence-electron chi connectivity index (χ4n) is 2.57. The van der Waals surface area contributed by atoms with Crippen molar-refractivity contribution < 1.29 is 15.0 Å². The summed E-state index contributed by atoms with van der Waals surface area (Å²) in [5.41, 5.74) is 0.665. The van der Waals surface area contributed by atoms with E-state index in [4.69, 9.17) is 0 Å². The lowest BCUT2D eigenvalue weighted by molar-refractivity contribution is 0.0872. The molecule has 114 valence electrons. The van der Waals surface area contributed by atoms with Gasteiger partial charge < -0.3 is 15.1 Å². The second-order valence-corrected chi connectivity index (χ2v) is 5.45. The van der Waals surface area contributed by atoms with Gasteiger partial charge in [0.2, 0.25) is 0 Å². The van der Waals surface area contributed by atoms with Crippen molar-refractivity contribution in [3.63, 3.8) is 0 Å². The number of allylic oxidation sites excluding steroid dienone is 1. The summed E-state index contributed by atoms with van der Waals surface area (Å²) in [4.78, 5) is 16.8. The van der Waals surface area contributed by atoms with Crippen LogP contribution in [-0.2, 0) is 6.42 Å². The third-order valence-corrected chi connectivity index (χ3v) is 3.86. The number of nitrogens with zero attached hydrogens (tertiary/aromatic N) is 2. The third-order valence-electron chi connectivity index (χ3n) is 3.86. The SMILES string of the molecule is C=CCc1c(O)ccc(O)c1C(=O)CN1CCN(C)CC1. The van der Waals surface area contributed by atoms with E-state index in [0.29, 0.717) is 12.0 Å². The number of benzene rings is 1. The number of phenolic OH excluding ortho intramolecular Hbond substituents is 2. The van der Waals surface area contributed by atoms with E-state index in [0.717, 1.165) is 26.2 Å². The van der Waals surface area contributed by atoms with Gasteiger partial charge in [-0.15, -0.1) is 6.58 Å². The molecule has 0 aromatic heterocycles. The predicted octanol–water partition coefficient (Wildman–Crippen LogP) is 1.26. The molecule has 0 radical (unpaired) electrons. The highest BCUT2D eigenvalue weighted by Gasteiger charge is 2.22. The Bertz CT molecular complexity index is 535. The second kappa shape index (κ2) is 6.74. The zero-order valence-electron chi connectivity index (χ0n) is 12.4. The Labute approximate surface area is 125 Å². The molecule has 0 saturated carbocycles. The molecule has 21 heavy (non-hydrogen) atoms. The van der Waals surface area contributed by atoms with Crippen LogP contribution in [0.3, 0.4) is 0 Å². The normalized spacial score (nSPS) is 16.8. The largest absolute Gasteiger partial charge is 0.508 e. The maximum absolute atomic E-state index is 12.5. The topological polar surface area (TPSA) is 64.0 Å². The summed E-state index contributed by atoms with van der Waals surface area (Å²) in [6.45, 7) is 7.41. The van der Waals surface area contributed by atoms with E-state index >= 15 is 0 Å². The average molecular weight is 290 g/mol. The first-order valence-electron chi connectivity index (χ1n) is 7.11. The van der Waals surface area contributed by atoms with Gasteiger partial charge in [-0.2, -0.15) is 0 Å². The minimum atomic E-state index is -0.162. The van der Waals surface area contributed by atoms with Gasteiger partial charge >= 0.3 is 0 Å². The summed E-state index contributed by atoms with van der Waals surface area (Å²) in [6, 6.07) is 2.76. The van der Waals surface area contributed by atoms with Crippen LogP contribution in [-0.4, -0.2) is 65.6 Å². The molecular weight excluding hydrogens is 268 g/mol. The molecule has 1 heterocycles. The van der Waals surface area contributed by atoms with E-state index in [1.807, 2.05) is 0 Å². The van der Waals surface area contributed by atoms with Crippen LogP contribution in [0.25, 0.3) is 0 Å². The summed E-state index contributed by atoms with van der Waals surface area (Å²) < 4.78 is 0. The highest BCUT2D eigenvalue weighted by Crippen LogP contribution is 2.30. The van der Waals surface area contributed by atoms with E-state index < -0.39 is 0 Å². The number of aromatic hydroxyl groups is 2. The van der Waals surface area contributed by atoms with Gasteiger partial charge in [-0.05, 0) is 25.6 Å². The lowest BCUT2D eigenvalue weighted by Crippen LogP contribution is -2.46. The van der Waals surface area contributed by atoms with Crippen molar-refractivity contribution in [3.05, 3.63) is 35.9 Å². The molecule has 0 spiro atoms. The van der Waals surface area contributed by atoms with Crippen LogP contribution in [0, 0.1) is 0 Å². The molecule has 1 aliphatic rings. The second-order valence-electron chi connectivity index (χ2n) is 5.45. The Morgan fingerprint density at radius 1 is 1.24 bits per heavy atom. The first kappa shape index (κ1) is 15.5. The summed E-state index contributed by atoms with van der Waals surface area (Å²) in [6.07, 6.45) is 1.96. The summed E-state index contributed by atoms with van der Waals surface area (Å²) >= 11 is 0. The van der Waals surface area contributed by atoms with Crippen LogP contribution in [0.5, 0.6) is 11.5 Å². The van der Waals surface area contributed by atoms with Crippen molar-refractivity contribution in [1.29, 1.82) is 0 Å². The standard InChI is InChI=1S/C16H22N2O3/c1-3-4-12-13(19)5-6-14(20)16(12)15(21)11-18-9-7-17(2)8-10-18/h3,5-6,19-20H,1,4,7-11H2,2H3. The molecule has 5 nitrogen and oxygen atoms in total. The molecule has 1 saturated heterocycles. The Kier molecular flexibility index (Phi) is 4.98. The van der Waals surface area contributed by atoms with Crippen molar-refractivity contribution in [1.82, 2.24) is 9.80 Å². The number of hydrogen-bond acceptors (Lipinski definition) is 5. The van der Waals surface area contributed by atoms with Gasteiger partial charge in [0.05, 0.1) is 12.1 Å². The molecule has 0 unspecified atom stereocenters. The summed E-state index contributed by atoms with van der Waals surface area (Å²) in [5.74, 6) is -0.219. The van der Waals surface area contributed by atoms with E-state index in [1.54, 1.807) is 6.08 Å². The predicted molar refractivity (Wildman–Crippen MR) is 81.9 cm³/mol. The third kappa shape index (κ3) is 3.62. The Morgan fingerprint density at radius 3 is 2.48 bits per heavy atom. The highest BCUT2D eigenvalue weighted by molar-refractivity contribution is 6.02. The molecule has 0 bridgehead atoms. The molecule has 2 rings (SSSR count). The average Bonchev–Trinajstić information content (AvgIpc) is 2.45.